The van der Waals surface area contributed by atoms with Crippen LogP contribution in [0.4, 0.5) is 24.7 Å². The molecule has 4 rings (SSSR count). The summed E-state index contributed by atoms with van der Waals surface area (Å²) in [5, 5.41) is 8.32. The summed E-state index contributed by atoms with van der Waals surface area (Å²) >= 11 is 0. The lowest BCUT2D eigenvalue weighted by atomic mass is 9.95. The molecule has 2 aliphatic heterocycles. The predicted octanol–water partition coefficient (Wildman–Crippen LogP) is 3.37. The quantitative estimate of drug-likeness (QED) is 0.743. The number of carbonyl (C=O) groups excluding carboxylic acids is 1. The molecule has 0 spiro atoms. The largest absolute Gasteiger partial charge is 0.416 e. The van der Waals surface area contributed by atoms with Crippen LogP contribution in [0.5, 0.6) is 0 Å². The summed E-state index contributed by atoms with van der Waals surface area (Å²) in [6.45, 7) is 5.54. The molecule has 2 aliphatic rings. The first kappa shape index (κ1) is 21.4. The van der Waals surface area contributed by atoms with E-state index >= 15 is 0 Å². The van der Waals surface area contributed by atoms with Gasteiger partial charge < -0.3 is 14.7 Å². The first-order valence-corrected chi connectivity index (χ1v) is 10.6. The van der Waals surface area contributed by atoms with E-state index in [4.69, 9.17) is 0 Å². The lowest BCUT2D eigenvalue weighted by Crippen LogP contribution is -2.51. The monoisotopic (exact) mass is 433 g/mol. The molecule has 0 saturated carbocycles. The smallest absolute Gasteiger partial charge is 0.368 e. The van der Waals surface area contributed by atoms with Crippen LogP contribution >= 0.6 is 0 Å². The number of rotatable bonds is 3. The van der Waals surface area contributed by atoms with E-state index in [-0.39, 0.29) is 11.8 Å². The van der Waals surface area contributed by atoms with E-state index in [1.54, 1.807) is 6.07 Å². The number of aryl methyl sites for hydroxylation is 1. The molecule has 2 saturated heterocycles. The summed E-state index contributed by atoms with van der Waals surface area (Å²) in [4.78, 5) is 18.9. The molecule has 166 valence electrons. The van der Waals surface area contributed by atoms with Crippen LogP contribution in [-0.2, 0) is 11.0 Å². The Hall–Kier alpha value is -2.84. The zero-order valence-electron chi connectivity index (χ0n) is 17.5. The first-order chi connectivity index (χ1) is 14.8. The van der Waals surface area contributed by atoms with E-state index in [1.807, 2.05) is 28.9 Å². The van der Waals surface area contributed by atoms with Crippen molar-refractivity contribution in [3.8, 4) is 0 Å². The van der Waals surface area contributed by atoms with Crippen LogP contribution in [0.25, 0.3) is 0 Å². The Bertz CT molecular complexity index is 902. The molecule has 2 fully saturated rings. The fourth-order valence-electron chi connectivity index (χ4n) is 4.24. The van der Waals surface area contributed by atoms with E-state index in [0.717, 1.165) is 43.5 Å². The molecule has 1 aromatic carbocycles. The van der Waals surface area contributed by atoms with Crippen LogP contribution in [0.3, 0.4) is 0 Å². The maximum absolute atomic E-state index is 13.0. The van der Waals surface area contributed by atoms with E-state index in [0.29, 0.717) is 31.9 Å². The molecule has 0 N–H and O–H groups in total. The zero-order chi connectivity index (χ0) is 22.0. The van der Waals surface area contributed by atoms with Gasteiger partial charge in [0.1, 0.15) is 0 Å². The Kier molecular flexibility index (Phi) is 6.02. The van der Waals surface area contributed by atoms with E-state index in [2.05, 4.69) is 15.1 Å². The predicted molar refractivity (Wildman–Crippen MR) is 112 cm³/mol. The number of hydrogen-bond donors (Lipinski definition) is 0. The Morgan fingerprint density at radius 2 is 1.65 bits per heavy atom. The molecule has 0 unspecified atom stereocenters. The summed E-state index contributed by atoms with van der Waals surface area (Å²) in [7, 11) is 0. The minimum atomic E-state index is -4.35. The number of aromatic nitrogens is 2. The number of piperidine rings is 1. The zero-order valence-corrected chi connectivity index (χ0v) is 17.5. The van der Waals surface area contributed by atoms with E-state index < -0.39 is 11.7 Å². The Labute approximate surface area is 179 Å². The molecule has 0 bridgehead atoms. The summed E-state index contributed by atoms with van der Waals surface area (Å²) in [5.74, 6) is 0.972. The Balaban J connectivity index is 1.29. The van der Waals surface area contributed by atoms with Gasteiger partial charge >= 0.3 is 6.18 Å². The van der Waals surface area contributed by atoms with Crippen LogP contribution < -0.4 is 9.80 Å². The molecule has 9 heteroatoms. The van der Waals surface area contributed by atoms with Crippen molar-refractivity contribution in [1.82, 2.24) is 15.1 Å². The molecule has 31 heavy (non-hydrogen) atoms. The number of piperazine rings is 1. The molecule has 6 nitrogen and oxygen atoms in total. The van der Waals surface area contributed by atoms with Gasteiger partial charge in [0.15, 0.2) is 5.82 Å². The van der Waals surface area contributed by atoms with Crippen molar-refractivity contribution < 1.29 is 18.0 Å². The van der Waals surface area contributed by atoms with Crippen molar-refractivity contribution in [1.29, 1.82) is 0 Å². The second-order valence-electron chi connectivity index (χ2n) is 8.15. The molecule has 0 radical (unpaired) electrons. The number of nitrogens with zero attached hydrogens (tertiary/aromatic N) is 5. The van der Waals surface area contributed by atoms with Gasteiger partial charge in [0, 0.05) is 50.9 Å². The van der Waals surface area contributed by atoms with Gasteiger partial charge in [0.05, 0.1) is 11.3 Å². The number of alkyl halides is 3. The van der Waals surface area contributed by atoms with Gasteiger partial charge in [0.25, 0.3) is 0 Å². The maximum Gasteiger partial charge on any atom is 0.416 e. The number of hydrogen-bond acceptors (Lipinski definition) is 5. The Morgan fingerprint density at radius 3 is 2.26 bits per heavy atom. The number of amides is 1. The van der Waals surface area contributed by atoms with Crippen molar-refractivity contribution in [3.63, 3.8) is 0 Å². The minimum Gasteiger partial charge on any atom is -0.368 e. The van der Waals surface area contributed by atoms with Crippen molar-refractivity contribution >= 4 is 17.4 Å². The molecule has 1 amide bonds. The van der Waals surface area contributed by atoms with Crippen LogP contribution in [-0.4, -0.2) is 60.3 Å². The van der Waals surface area contributed by atoms with E-state index in [1.165, 1.54) is 12.1 Å². The highest BCUT2D eigenvalue weighted by atomic mass is 19.4. The lowest BCUT2D eigenvalue weighted by Gasteiger charge is -2.39. The van der Waals surface area contributed by atoms with Crippen LogP contribution in [0, 0.1) is 12.8 Å². The van der Waals surface area contributed by atoms with Crippen LogP contribution in [0.2, 0.25) is 0 Å². The van der Waals surface area contributed by atoms with Gasteiger partial charge in [-0.05, 0) is 50.1 Å². The molecule has 0 aliphatic carbocycles. The Morgan fingerprint density at radius 1 is 0.935 bits per heavy atom. The van der Waals surface area contributed by atoms with Gasteiger partial charge in [0.2, 0.25) is 5.91 Å². The molecule has 0 atom stereocenters. The van der Waals surface area contributed by atoms with E-state index in [9.17, 15) is 18.0 Å². The first-order valence-electron chi connectivity index (χ1n) is 10.6. The maximum atomic E-state index is 13.0. The van der Waals surface area contributed by atoms with Gasteiger partial charge in [-0.2, -0.15) is 18.3 Å². The summed E-state index contributed by atoms with van der Waals surface area (Å²) in [6, 6.07) is 9.28. The minimum absolute atomic E-state index is 0.0187. The second kappa shape index (κ2) is 8.72. The van der Waals surface area contributed by atoms with Gasteiger partial charge in [-0.25, -0.2) is 0 Å². The lowest BCUT2D eigenvalue weighted by molar-refractivity contribution is -0.137. The van der Waals surface area contributed by atoms with Crippen molar-refractivity contribution in [2.75, 3.05) is 49.1 Å². The molecular weight excluding hydrogens is 407 g/mol. The number of carbonyl (C=O) groups is 1. The topological polar surface area (TPSA) is 52.6 Å². The van der Waals surface area contributed by atoms with Crippen LogP contribution in [0.15, 0.2) is 36.4 Å². The van der Waals surface area contributed by atoms with Gasteiger partial charge in [-0.15, -0.1) is 5.10 Å². The molecule has 2 aromatic rings. The third kappa shape index (κ3) is 4.91. The normalized spacial score (nSPS) is 18.4. The third-order valence-electron chi connectivity index (χ3n) is 6.08. The summed E-state index contributed by atoms with van der Waals surface area (Å²) < 4.78 is 38.9. The molecular formula is C22H26F3N5O. The van der Waals surface area contributed by atoms with Crippen LogP contribution in [0.1, 0.15) is 24.1 Å². The summed E-state index contributed by atoms with van der Waals surface area (Å²) in [5.41, 5.74) is 0.779. The average Bonchev–Trinajstić information content (AvgIpc) is 2.79. The fourth-order valence-corrected chi connectivity index (χ4v) is 4.24. The summed E-state index contributed by atoms with van der Waals surface area (Å²) in [6.07, 6.45) is -2.82. The SMILES string of the molecule is Cc1ccc(N2CCC(C(=O)N3CCN(c4cccc(C(F)(F)F)c4)CC3)CC2)nn1. The molecule has 3 heterocycles. The standard InChI is InChI=1S/C22H26F3N5O/c1-16-5-6-20(27-26-16)29-9-7-17(8-10-29)21(31)30-13-11-28(12-14-30)19-4-2-3-18(15-19)22(23,24)25/h2-6,15,17H,7-14H2,1H3. The number of benzene rings is 1. The highest BCUT2D eigenvalue weighted by Gasteiger charge is 2.33. The van der Waals surface area contributed by atoms with Crippen molar-refractivity contribution in [3.05, 3.63) is 47.7 Å². The van der Waals surface area contributed by atoms with Crippen molar-refractivity contribution in [2.45, 2.75) is 25.9 Å². The fraction of sp³-hybridized carbons (Fsp3) is 0.500. The van der Waals surface area contributed by atoms with Gasteiger partial charge in [-0.3, -0.25) is 4.79 Å². The second-order valence-corrected chi connectivity index (χ2v) is 8.15. The average molecular weight is 433 g/mol. The van der Waals surface area contributed by atoms with Gasteiger partial charge in [-0.1, -0.05) is 6.07 Å². The molecule has 1 aromatic heterocycles. The van der Waals surface area contributed by atoms with Crippen molar-refractivity contribution in [2.24, 2.45) is 5.92 Å². The third-order valence-corrected chi connectivity index (χ3v) is 6.08. The number of halogens is 3. The number of anilines is 2. The highest BCUT2D eigenvalue weighted by Crippen LogP contribution is 2.32. The highest BCUT2D eigenvalue weighted by molar-refractivity contribution is 5.79.